The lowest BCUT2D eigenvalue weighted by Gasteiger charge is -2.29. The Balaban J connectivity index is 1.77. The van der Waals surface area contributed by atoms with Gasteiger partial charge in [0.2, 0.25) is 0 Å². The Kier molecular flexibility index (Phi) is 5.21. The van der Waals surface area contributed by atoms with Gasteiger partial charge in [0.15, 0.2) is 5.78 Å². The van der Waals surface area contributed by atoms with Crippen LogP contribution < -0.4 is 0 Å². The summed E-state index contributed by atoms with van der Waals surface area (Å²) in [6.45, 7) is 2.09. The van der Waals surface area contributed by atoms with E-state index in [2.05, 4.69) is 4.90 Å². The van der Waals surface area contributed by atoms with Gasteiger partial charge in [-0.1, -0.05) is 18.0 Å². The Bertz CT molecular complexity index is 611. The highest BCUT2D eigenvalue weighted by atomic mass is 35.5. The van der Waals surface area contributed by atoms with E-state index in [0.717, 1.165) is 38.4 Å². The van der Waals surface area contributed by atoms with Crippen molar-refractivity contribution in [3.8, 4) is 0 Å². The minimum atomic E-state index is -4.57. The third-order valence-electron chi connectivity index (χ3n) is 5.26. The van der Waals surface area contributed by atoms with Gasteiger partial charge in [-0.2, -0.15) is 13.2 Å². The average molecular weight is 360 g/mol. The Hall–Kier alpha value is -1.07. The number of hydrogen-bond acceptors (Lipinski definition) is 2. The molecule has 2 atom stereocenters. The predicted octanol–water partition coefficient (Wildman–Crippen LogP) is 5.20. The van der Waals surface area contributed by atoms with Crippen molar-refractivity contribution in [1.82, 2.24) is 4.90 Å². The van der Waals surface area contributed by atoms with E-state index >= 15 is 0 Å². The van der Waals surface area contributed by atoms with Crippen molar-refractivity contribution in [2.45, 2.75) is 50.7 Å². The van der Waals surface area contributed by atoms with Gasteiger partial charge in [-0.15, -0.1) is 0 Å². The van der Waals surface area contributed by atoms with Crippen LogP contribution in [0.15, 0.2) is 18.2 Å². The zero-order chi connectivity index (χ0) is 17.3. The maximum Gasteiger partial charge on any atom is 0.417 e. The second kappa shape index (κ2) is 7.04. The summed E-state index contributed by atoms with van der Waals surface area (Å²) in [4.78, 5) is 15.0. The highest BCUT2D eigenvalue weighted by Crippen LogP contribution is 2.38. The van der Waals surface area contributed by atoms with Crippen LogP contribution >= 0.6 is 11.6 Å². The summed E-state index contributed by atoms with van der Waals surface area (Å²) in [6, 6.07) is 3.77. The van der Waals surface area contributed by atoms with Gasteiger partial charge >= 0.3 is 6.18 Å². The molecule has 6 heteroatoms. The first-order chi connectivity index (χ1) is 11.4. The van der Waals surface area contributed by atoms with Crippen molar-refractivity contribution in [2.75, 3.05) is 13.1 Å². The number of nitrogens with zero attached hydrogens (tertiary/aromatic N) is 1. The number of rotatable bonds is 4. The molecule has 0 spiro atoms. The standard InChI is InChI=1S/C18H21ClF3NO/c19-13-6-7-14(15(11-13)18(20,21)22)17(24)10-12-4-3-5-16(12)23-8-1-2-9-23/h6-7,11-12,16H,1-5,8-10H2/t12-,16-/m1/s1. The first kappa shape index (κ1) is 17.7. The molecule has 0 unspecified atom stereocenters. The van der Waals surface area contributed by atoms with Crippen LogP contribution in [0.25, 0.3) is 0 Å². The number of carbonyl (C=O) groups excluding carboxylic acids is 1. The second-order valence-corrected chi connectivity index (χ2v) is 7.25. The largest absolute Gasteiger partial charge is 0.417 e. The van der Waals surface area contributed by atoms with Gasteiger partial charge < -0.3 is 4.90 Å². The van der Waals surface area contributed by atoms with Gasteiger partial charge in [-0.25, -0.2) is 0 Å². The molecule has 2 fully saturated rings. The molecule has 1 aliphatic carbocycles. The van der Waals surface area contributed by atoms with Crippen molar-refractivity contribution in [2.24, 2.45) is 5.92 Å². The molecule has 1 aliphatic heterocycles. The predicted molar refractivity (Wildman–Crippen MR) is 87.3 cm³/mol. The molecule has 132 valence electrons. The lowest BCUT2D eigenvalue weighted by atomic mass is 9.91. The van der Waals surface area contributed by atoms with Gasteiger partial charge in [0.05, 0.1) is 5.56 Å². The summed E-state index contributed by atoms with van der Waals surface area (Å²) in [5, 5.41) is -0.00492. The number of alkyl halides is 3. The average Bonchev–Trinajstić information content (AvgIpc) is 3.16. The van der Waals surface area contributed by atoms with Gasteiger partial charge in [-0.05, 0) is 62.9 Å². The van der Waals surface area contributed by atoms with Gasteiger partial charge in [0.25, 0.3) is 0 Å². The SMILES string of the molecule is O=C(C[C@H]1CCC[C@H]1N1CCCC1)c1ccc(Cl)cc1C(F)(F)F. The van der Waals surface area contributed by atoms with E-state index in [0.29, 0.717) is 6.04 Å². The summed E-state index contributed by atoms with van der Waals surface area (Å²) in [6.07, 6.45) is 0.976. The summed E-state index contributed by atoms with van der Waals surface area (Å²) >= 11 is 5.69. The number of likely N-dealkylation sites (tertiary alicyclic amines) is 1. The molecule has 2 nitrogen and oxygen atoms in total. The molecule has 2 aliphatic rings. The molecule has 1 aromatic rings. The van der Waals surface area contributed by atoms with Crippen molar-refractivity contribution in [3.05, 3.63) is 34.3 Å². The van der Waals surface area contributed by atoms with Crippen LogP contribution in [0.5, 0.6) is 0 Å². The smallest absolute Gasteiger partial charge is 0.300 e. The number of carbonyl (C=O) groups is 1. The number of hydrogen-bond donors (Lipinski definition) is 0. The van der Waals surface area contributed by atoms with E-state index in [9.17, 15) is 18.0 Å². The van der Waals surface area contributed by atoms with Crippen molar-refractivity contribution < 1.29 is 18.0 Å². The highest BCUT2D eigenvalue weighted by Gasteiger charge is 2.38. The summed E-state index contributed by atoms with van der Waals surface area (Å²) in [5.41, 5.74) is -1.17. The Morgan fingerprint density at radius 1 is 1.17 bits per heavy atom. The molecule has 3 rings (SSSR count). The van der Waals surface area contributed by atoms with Gasteiger partial charge in [0, 0.05) is 23.0 Å². The highest BCUT2D eigenvalue weighted by molar-refractivity contribution is 6.30. The topological polar surface area (TPSA) is 20.3 Å². The van der Waals surface area contributed by atoms with E-state index < -0.39 is 17.5 Å². The third-order valence-corrected chi connectivity index (χ3v) is 5.50. The molecule has 1 saturated heterocycles. The van der Waals surface area contributed by atoms with E-state index in [4.69, 9.17) is 11.6 Å². The minimum absolute atomic E-state index is 0.00492. The molecule has 0 N–H and O–H groups in total. The van der Waals surface area contributed by atoms with Crippen molar-refractivity contribution >= 4 is 17.4 Å². The zero-order valence-electron chi connectivity index (χ0n) is 13.4. The zero-order valence-corrected chi connectivity index (χ0v) is 14.2. The van der Waals surface area contributed by atoms with E-state index in [1.54, 1.807) is 0 Å². The van der Waals surface area contributed by atoms with Crippen LogP contribution in [0.4, 0.5) is 13.2 Å². The van der Waals surface area contributed by atoms with E-state index in [1.807, 2.05) is 0 Å². The van der Waals surface area contributed by atoms with Crippen LogP contribution in [0.2, 0.25) is 5.02 Å². The van der Waals surface area contributed by atoms with Crippen LogP contribution in [0.1, 0.15) is 54.4 Å². The summed E-state index contributed by atoms with van der Waals surface area (Å²) < 4.78 is 39.6. The van der Waals surface area contributed by atoms with Crippen LogP contribution in [-0.2, 0) is 6.18 Å². The quantitative estimate of drug-likeness (QED) is 0.689. The van der Waals surface area contributed by atoms with Gasteiger partial charge in [-0.3, -0.25) is 4.79 Å². The normalized spacial score (nSPS) is 25.3. The molecule has 1 heterocycles. The summed E-state index contributed by atoms with van der Waals surface area (Å²) in [5.74, 6) is -0.262. The minimum Gasteiger partial charge on any atom is -0.300 e. The van der Waals surface area contributed by atoms with Crippen LogP contribution in [0.3, 0.4) is 0 Å². The number of halogens is 4. The molecule has 1 saturated carbocycles. The maximum atomic E-state index is 13.2. The number of Topliss-reactive ketones (excluding diaryl/α,β-unsaturated/α-hetero) is 1. The molecule has 0 bridgehead atoms. The molecular formula is C18H21ClF3NO. The maximum absolute atomic E-state index is 13.2. The van der Waals surface area contributed by atoms with E-state index in [-0.39, 0.29) is 22.9 Å². The number of benzene rings is 1. The molecular weight excluding hydrogens is 339 g/mol. The monoisotopic (exact) mass is 359 g/mol. The van der Waals surface area contributed by atoms with Crippen molar-refractivity contribution in [1.29, 1.82) is 0 Å². The first-order valence-electron chi connectivity index (χ1n) is 8.50. The molecule has 24 heavy (non-hydrogen) atoms. The van der Waals surface area contributed by atoms with Crippen LogP contribution in [-0.4, -0.2) is 29.8 Å². The van der Waals surface area contributed by atoms with Gasteiger partial charge in [0.1, 0.15) is 0 Å². The Morgan fingerprint density at radius 2 is 1.88 bits per heavy atom. The number of ketones is 1. The second-order valence-electron chi connectivity index (χ2n) is 6.82. The third kappa shape index (κ3) is 3.77. The lowest BCUT2D eigenvalue weighted by Crippen LogP contribution is -2.36. The molecule has 0 aromatic heterocycles. The molecule has 1 aromatic carbocycles. The fraction of sp³-hybridized carbons (Fsp3) is 0.611. The lowest BCUT2D eigenvalue weighted by molar-refractivity contribution is -0.137. The van der Waals surface area contributed by atoms with Crippen LogP contribution in [0, 0.1) is 5.92 Å². The fourth-order valence-corrected chi connectivity index (χ4v) is 4.32. The molecule has 0 amide bonds. The Labute approximate surface area is 145 Å². The molecule has 0 radical (unpaired) electrons. The fourth-order valence-electron chi connectivity index (χ4n) is 4.15. The van der Waals surface area contributed by atoms with E-state index in [1.165, 1.54) is 25.0 Å². The summed E-state index contributed by atoms with van der Waals surface area (Å²) in [7, 11) is 0. The first-order valence-corrected chi connectivity index (χ1v) is 8.88. The van der Waals surface area contributed by atoms with Crippen molar-refractivity contribution in [3.63, 3.8) is 0 Å². The Morgan fingerprint density at radius 3 is 2.54 bits per heavy atom.